The van der Waals surface area contributed by atoms with Crippen LogP contribution in [0.2, 0.25) is 0 Å². The number of carboxylic acid groups (broad SMARTS) is 1. The van der Waals surface area contributed by atoms with Crippen molar-refractivity contribution >= 4 is 5.97 Å². The molecule has 0 aromatic carbocycles. The molecule has 0 aliphatic heterocycles. The van der Waals surface area contributed by atoms with Crippen LogP contribution >= 0.6 is 0 Å². The Kier molecular flexibility index (Phi) is 8.01. The highest BCUT2D eigenvalue weighted by atomic mass is 16.5. The molecule has 3 heteroatoms. The second-order valence-corrected chi connectivity index (χ2v) is 3.84. The van der Waals surface area contributed by atoms with Gasteiger partial charge in [0, 0.05) is 6.61 Å². The highest BCUT2D eigenvalue weighted by molar-refractivity contribution is 5.85. The van der Waals surface area contributed by atoms with Crippen LogP contribution < -0.4 is 0 Å². The minimum atomic E-state index is -0.975. The van der Waals surface area contributed by atoms with Crippen molar-refractivity contribution < 1.29 is 14.6 Å². The fourth-order valence-corrected chi connectivity index (χ4v) is 1.31. The van der Waals surface area contributed by atoms with E-state index in [0.717, 1.165) is 12.8 Å². The lowest BCUT2D eigenvalue weighted by Gasteiger charge is -2.14. The summed E-state index contributed by atoms with van der Waals surface area (Å²) < 4.78 is 5.33. The van der Waals surface area contributed by atoms with E-state index >= 15 is 0 Å². The molecule has 0 saturated heterocycles. The lowest BCUT2D eigenvalue weighted by Crippen LogP contribution is -2.13. The predicted molar refractivity (Wildman–Crippen MR) is 60.9 cm³/mol. The van der Waals surface area contributed by atoms with E-state index in [1.807, 2.05) is 0 Å². The van der Waals surface area contributed by atoms with Gasteiger partial charge in [-0.05, 0) is 12.3 Å². The number of carboxylic acids is 1. The lowest BCUT2D eigenvalue weighted by molar-refractivity contribution is -0.133. The van der Waals surface area contributed by atoms with Gasteiger partial charge in [0.05, 0.1) is 12.2 Å². The molecule has 0 spiro atoms. The first kappa shape index (κ1) is 14.2. The normalized spacial score (nSPS) is 12.4. The summed E-state index contributed by atoms with van der Waals surface area (Å²) in [6, 6.07) is 0. The molecule has 0 saturated carbocycles. The molecule has 0 amide bonds. The summed E-state index contributed by atoms with van der Waals surface area (Å²) in [6.45, 7) is 8.49. The number of hydrogen-bond donors (Lipinski definition) is 1. The molecule has 3 nitrogen and oxygen atoms in total. The van der Waals surface area contributed by atoms with E-state index in [1.54, 1.807) is 0 Å². The average Bonchev–Trinajstić information content (AvgIpc) is 2.22. The molecule has 0 rings (SSSR count). The Hall–Kier alpha value is -0.830. The van der Waals surface area contributed by atoms with Crippen molar-refractivity contribution in [2.75, 3.05) is 13.2 Å². The number of unbranched alkanes of at least 4 members (excludes halogenated alkanes) is 1. The van der Waals surface area contributed by atoms with Crippen molar-refractivity contribution in [1.29, 1.82) is 0 Å². The molecule has 0 heterocycles. The first-order chi connectivity index (χ1) is 7.11. The number of carbonyl (C=O) groups is 1. The number of rotatable bonds is 9. The Balaban J connectivity index is 3.62. The van der Waals surface area contributed by atoms with E-state index < -0.39 is 5.97 Å². The molecule has 88 valence electrons. The standard InChI is InChI=1S/C12H22O3/c1-4-6-7-11(5-2)9-15-8-10(3)12(13)14/h11H,3-9H2,1-2H3,(H,13,14). The maximum absolute atomic E-state index is 10.4. The molecule has 1 N–H and O–H groups in total. The van der Waals surface area contributed by atoms with Crippen LogP contribution in [0.4, 0.5) is 0 Å². The Bertz CT molecular complexity index is 199. The van der Waals surface area contributed by atoms with Gasteiger partial charge in [-0.3, -0.25) is 0 Å². The predicted octanol–water partition coefficient (Wildman–Crippen LogP) is 2.86. The van der Waals surface area contributed by atoms with Gasteiger partial charge in [0.25, 0.3) is 0 Å². The van der Waals surface area contributed by atoms with Crippen molar-refractivity contribution in [3.8, 4) is 0 Å². The largest absolute Gasteiger partial charge is 0.478 e. The van der Waals surface area contributed by atoms with Gasteiger partial charge in [0.1, 0.15) is 0 Å². The van der Waals surface area contributed by atoms with Crippen LogP contribution in [-0.2, 0) is 9.53 Å². The van der Waals surface area contributed by atoms with Crippen LogP contribution in [0.15, 0.2) is 12.2 Å². The highest BCUT2D eigenvalue weighted by Crippen LogP contribution is 2.13. The minimum absolute atomic E-state index is 0.125. The maximum atomic E-state index is 10.4. The second-order valence-electron chi connectivity index (χ2n) is 3.84. The summed E-state index contributed by atoms with van der Waals surface area (Å²) in [7, 11) is 0. The van der Waals surface area contributed by atoms with Crippen LogP contribution in [-0.4, -0.2) is 24.3 Å². The molecule has 0 bridgehead atoms. The third-order valence-corrected chi connectivity index (χ3v) is 2.48. The topological polar surface area (TPSA) is 46.5 Å². The van der Waals surface area contributed by atoms with E-state index in [-0.39, 0.29) is 12.2 Å². The van der Waals surface area contributed by atoms with E-state index in [0.29, 0.717) is 12.5 Å². The summed E-state index contributed by atoms with van der Waals surface area (Å²) in [5.74, 6) is -0.428. The van der Waals surface area contributed by atoms with Crippen LogP contribution in [0.5, 0.6) is 0 Å². The Labute approximate surface area is 92.1 Å². The third kappa shape index (κ3) is 7.14. The van der Waals surface area contributed by atoms with Gasteiger partial charge in [-0.15, -0.1) is 0 Å². The first-order valence-corrected chi connectivity index (χ1v) is 5.60. The first-order valence-electron chi connectivity index (χ1n) is 5.60. The summed E-state index contributed by atoms with van der Waals surface area (Å²) in [5.41, 5.74) is 0.125. The Morgan fingerprint density at radius 1 is 1.47 bits per heavy atom. The van der Waals surface area contributed by atoms with Gasteiger partial charge in [-0.25, -0.2) is 4.79 Å². The van der Waals surface area contributed by atoms with Gasteiger partial charge < -0.3 is 9.84 Å². The average molecular weight is 214 g/mol. The van der Waals surface area contributed by atoms with Gasteiger partial charge in [0.15, 0.2) is 0 Å². The zero-order valence-corrected chi connectivity index (χ0v) is 9.79. The van der Waals surface area contributed by atoms with Gasteiger partial charge in [0.2, 0.25) is 0 Å². The fourth-order valence-electron chi connectivity index (χ4n) is 1.31. The van der Waals surface area contributed by atoms with E-state index in [1.165, 1.54) is 12.8 Å². The Morgan fingerprint density at radius 3 is 2.60 bits per heavy atom. The molecule has 0 aromatic heterocycles. The highest BCUT2D eigenvalue weighted by Gasteiger charge is 2.08. The number of aliphatic carboxylic acids is 1. The molecular formula is C12H22O3. The molecule has 1 atom stereocenters. The summed E-state index contributed by atoms with van der Waals surface area (Å²) >= 11 is 0. The van der Waals surface area contributed by atoms with Crippen LogP contribution in [0.25, 0.3) is 0 Å². The van der Waals surface area contributed by atoms with Crippen molar-refractivity contribution in [1.82, 2.24) is 0 Å². The quantitative estimate of drug-likeness (QED) is 0.600. The minimum Gasteiger partial charge on any atom is -0.478 e. The summed E-state index contributed by atoms with van der Waals surface area (Å²) in [6.07, 6.45) is 4.65. The third-order valence-electron chi connectivity index (χ3n) is 2.48. The molecule has 0 aromatic rings. The van der Waals surface area contributed by atoms with Crippen molar-refractivity contribution in [2.45, 2.75) is 39.5 Å². The van der Waals surface area contributed by atoms with E-state index in [9.17, 15) is 4.79 Å². The Morgan fingerprint density at radius 2 is 2.13 bits per heavy atom. The SMILES string of the molecule is C=C(COCC(CC)CCCC)C(=O)O. The second kappa shape index (κ2) is 8.48. The smallest absolute Gasteiger partial charge is 0.333 e. The number of ether oxygens (including phenoxy) is 1. The van der Waals surface area contributed by atoms with Crippen molar-refractivity contribution in [3.63, 3.8) is 0 Å². The van der Waals surface area contributed by atoms with E-state index in [4.69, 9.17) is 9.84 Å². The maximum Gasteiger partial charge on any atom is 0.333 e. The number of hydrogen-bond acceptors (Lipinski definition) is 2. The molecule has 1 unspecified atom stereocenters. The molecule has 0 aliphatic carbocycles. The van der Waals surface area contributed by atoms with Gasteiger partial charge in [-0.1, -0.05) is 39.7 Å². The van der Waals surface area contributed by atoms with Crippen molar-refractivity contribution in [3.05, 3.63) is 12.2 Å². The lowest BCUT2D eigenvalue weighted by atomic mass is 10.0. The zero-order chi connectivity index (χ0) is 11.7. The summed E-state index contributed by atoms with van der Waals surface area (Å²) in [5, 5.41) is 8.57. The molecule has 0 fully saturated rings. The molecule has 0 radical (unpaired) electrons. The van der Waals surface area contributed by atoms with Crippen LogP contribution in [0.3, 0.4) is 0 Å². The fraction of sp³-hybridized carbons (Fsp3) is 0.750. The summed E-state index contributed by atoms with van der Waals surface area (Å²) in [4.78, 5) is 10.4. The molecule has 0 aliphatic rings. The molecule has 15 heavy (non-hydrogen) atoms. The molecular weight excluding hydrogens is 192 g/mol. The van der Waals surface area contributed by atoms with Gasteiger partial charge >= 0.3 is 5.97 Å². The van der Waals surface area contributed by atoms with Crippen LogP contribution in [0, 0.1) is 5.92 Å². The van der Waals surface area contributed by atoms with E-state index in [2.05, 4.69) is 20.4 Å². The zero-order valence-electron chi connectivity index (χ0n) is 9.79. The van der Waals surface area contributed by atoms with Gasteiger partial charge in [-0.2, -0.15) is 0 Å². The van der Waals surface area contributed by atoms with Crippen LogP contribution in [0.1, 0.15) is 39.5 Å². The van der Waals surface area contributed by atoms with Crippen molar-refractivity contribution in [2.24, 2.45) is 5.92 Å². The monoisotopic (exact) mass is 214 g/mol.